The van der Waals surface area contributed by atoms with Crippen LogP contribution in [0.1, 0.15) is 24.7 Å². The fraction of sp³-hybridized carbons (Fsp3) is 0.294. The predicted molar refractivity (Wildman–Crippen MR) is 93.8 cm³/mol. The molecule has 1 aliphatic rings. The first-order valence-corrected chi connectivity index (χ1v) is 9.64. The van der Waals surface area contributed by atoms with Gasteiger partial charge in [-0.2, -0.15) is 0 Å². The molecule has 4 rings (SSSR count). The van der Waals surface area contributed by atoms with E-state index in [1.807, 2.05) is 24.3 Å². The van der Waals surface area contributed by atoms with Gasteiger partial charge in [0.05, 0.1) is 0 Å². The molecule has 7 nitrogen and oxygen atoms in total. The molecular weight excluding hydrogens is 340 g/mol. The molecule has 0 saturated carbocycles. The van der Waals surface area contributed by atoms with Crippen molar-refractivity contribution in [2.45, 2.75) is 23.7 Å². The summed E-state index contributed by atoms with van der Waals surface area (Å²) in [6.07, 6.45) is 3.12. The Morgan fingerprint density at radius 1 is 1.12 bits per heavy atom. The van der Waals surface area contributed by atoms with E-state index in [1.165, 1.54) is 12.3 Å². The minimum Gasteiger partial charge on any atom is -0.440 e. The van der Waals surface area contributed by atoms with Gasteiger partial charge >= 0.3 is 0 Å². The van der Waals surface area contributed by atoms with Gasteiger partial charge in [-0.25, -0.2) is 23.5 Å². The van der Waals surface area contributed by atoms with Gasteiger partial charge in [-0.3, -0.25) is 0 Å². The number of nitrogens with two attached hydrogens (primary N) is 1. The van der Waals surface area contributed by atoms with Crippen LogP contribution >= 0.6 is 0 Å². The van der Waals surface area contributed by atoms with E-state index in [9.17, 15) is 8.42 Å². The van der Waals surface area contributed by atoms with E-state index in [0.717, 1.165) is 48.7 Å². The summed E-state index contributed by atoms with van der Waals surface area (Å²) in [5, 5.41) is 5.10. The van der Waals surface area contributed by atoms with Crippen LogP contribution in [-0.4, -0.2) is 31.5 Å². The maximum atomic E-state index is 11.3. The number of pyridine rings is 1. The Morgan fingerprint density at radius 3 is 2.52 bits per heavy atom. The van der Waals surface area contributed by atoms with Crippen molar-refractivity contribution in [1.82, 2.24) is 9.97 Å². The van der Waals surface area contributed by atoms with Crippen LogP contribution in [0.15, 0.2) is 51.9 Å². The molecule has 1 fully saturated rings. The molecule has 0 radical (unpaired) electrons. The van der Waals surface area contributed by atoms with Gasteiger partial charge < -0.3 is 9.32 Å². The number of para-hydroxylation sites is 2. The first-order chi connectivity index (χ1) is 12.0. The highest BCUT2D eigenvalue weighted by Crippen LogP contribution is 2.31. The number of benzene rings is 1. The molecule has 0 amide bonds. The number of nitrogens with zero attached hydrogens (tertiary/aromatic N) is 3. The van der Waals surface area contributed by atoms with Gasteiger partial charge in [-0.15, -0.1) is 0 Å². The summed E-state index contributed by atoms with van der Waals surface area (Å²) < 4.78 is 28.5. The molecule has 2 aromatic heterocycles. The summed E-state index contributed by atoms with van der Waals surface area (Å²) in [7, 11) is -3.71. The Labute approximate surface area is 145 Å². The Morgan fingerprint density at radius 2 is 1.88 bits per heavy atom. The van der Waals surface area contributed by atoms with Crippen molar-refractivity contribution in [2.24, 2.45) is 5.14 Å². The highest BCUT2D eigenvalue weighted by Gasteiger charge is 2.25. The largest absolute Gasteiger partial charge is 0.440 e. The molecule has 0 atom stereocenters. The molecule has 1 saturated heterocycles. The summed E-state index contributed by atoms with van der Waals surface area (Å²) in [5.74, 6) is 1.83. The molecule has 25 heavy (non-hydrogen) atoms. The lowest BCUT2D eigenvalue weighted by Gasteiger charge is -2.31. The van der Waals surface area contributed by atoms with Gasteiger partial charge in [-0.1, -0.05) is 12.1 Å². The van der Waals surface area contributed by atoms with Gasteiger partial charge in [0.25, 0.3) is 0 Å². The van der Waals surface area contributed by atoms with Gasteiger partial charge in [0, 0.05) is 25.2 Å². The average molecular weight is 358 g/mol. The zero-order valence-corrected chi connectivity index (χ0v) is 14.3. The highest BCUT2D eigenvalue weighted by molar-refractivity contribution is 7.89. The lowest BCUT2D eigenvalue weighted by atomic mass is 9.97. The number of fused-ring (bicyclic) bond motifs is 1. The molecule has 0 spiro atoms. The summed E-state index contributed by atoms with van der Waals surface area (Å²) in [5.41, 5.74) is 1.71. The molecule has 1 aromatic carbocycles. The maximum Gasteiger partial charge on any atom is 0.239 e. The molecule has 130 valence electrons. The van der Waals surface area contributed by atoms with Gasteiger partial charge in [0.15, 0.2) is 11.5 Å². The van der Waals surface area contributed by atoms with E-state index in [0.29, 0.717) is 0 Å². The van der Waals surface area contributed by atoms with Crippen molar-refractivity contribution in [1.29, 1.82) is 0 Å². The average Bonchev–Trinajstić information content (AvgIpc) is 3.05. The number of primary sulfonamides is 1. The first kappa shape index (κ1) is 16.0. The van der Waals surface area contributed by atoms with Gasteiger partial charge in [0.2, 0.25) is 10.0 Å². The monoisotopic (exact) mass is 358 g/mol. The van der Waals surface area contributed by atoms with Crippen LogP contribution in [0.4, 0.5) is 5.82 Å². The minimum atomic E-state index is -3.71. The molecular formula is C17H18N4O3S. The Kier molecular flexibility index (Phi) is 3.93. The fourth-order valence-corrected chi connectivity index (χ4v) is 3.61. The van der Waals surface area contributed by atoms with Crippen molar-refractivity contribution in [3.05, 3.63) is 48.5 Å². The standard InChI is InChI=1S/C17H18N4O3S/c18-25(22,23)13-5-6-16(19-11-13)21-9-7-12(8-10-21)17-20-14-3-1-2-4-15(14)24-17/h1-6,11-12H,7-10H2,(H2,18,22,23). The molecule has 3 aromatic rings. The van der Waals surface area contributed by atoms with Crippen LogP contribution in [-0.2, 0) is 10.0 Å². The topological polar surface area (TPSA) is 102 Å². The Bertz CT molecular complexity index is 957. The van der Waals surface area contributed by atoms with E-state index in [-0.39, 0.29) is 10.8 Å². The zero-order valence-electron chi connectivity index (χ0n) is 13.5. The van der Waals surface area contributed by atoms with Crippen LogP contribution in [0.5, 0.6) is 0 Å². The number of aromatic nitrogens is 2. The van der Waals surface area contributed by atoms with Gasteiger partial charge in [-0.05, 0) is 37.1 Å². The molecule has 8 heteroatoms. The molecule has 0 bridgehead atoms. The second-order valence-electron chi connectivity index (χ2n) is 6.18. The molecule has 0 aliphatic carbocycles. The van der Waals surface area contributed by atoms with Crippen LogP contribution in [0, 0.1) is 0 Å². The summed E-state index contributed by atoms with van der Waals surface area (Å²) >= 11 is 0. The summed E-state index contributed by atoms with van der Waals surface area (Å²) in [6, 6.07) is 11.0. The van der Waals surface area contributed by atoms with Crippen molar-refractivity contribution in [3.63, 3.8) is 0 Å². The fourth-order valence-electron chi connectivity index (χ4n) is 3.15. The van der Waals surface area contributed by atoms with E-state index in [2.05, 4.69) is 14.9 Å². The second kappa shape index (κ2) is 6.12. The third-order valence-electron chi connectivity index (χ3n) is 4.53. The minimum absolute atomic E-state index is 0.0256. The highest BCUT2D eigenvalue weighted by atomic mass is 32.2. The SMILES string of the molecule is NS(=O)(=O)c1ccc(N2CCC(c3nc4ccccc4o3)CC2)nc1. The second-order valence-corrected chi connectivity index (χ2v) is 7.74. The number of rotatable bonds is 3. The molecule has 3 heterocycles. The van der Waals surface area contributed by atoms with E-state index in [1.54, 1.807) is 6.07 Å². The predicted octanol–water partition coefficient (Wildman–Crippen LogP) is 2.25. The third kappa shape index (κ3) is 3.22. The van der Waals surface area contributed by atoms with Crippen LogP contribution in [0.3, 0.4) is 0 Å². The summed E-state index contributed by atoms with van der Waals surface area (Å²) in [4.78, 5) is 11.0. The number of oxazole rings is 1. The maximum absolute atomic E-state index is 11.3. The molecule has 0 unspecified atom stereocenters. The van der Waals surface area contributed by atoms with Crippen molar-refractivity contribution in [2.75, 3.05) is 18.0 Å². The number of hydrogen-bond donors (Lipinski definition) is 1. The Hall–Kier alpha value is -2.45. The number of anilines is 1. The van der Waals surface area contributed by atoms with Crippen molar-refractivity contribution < 1.29 is 12.8 Å². The zero-order chi connectivity index (χ0) is 17.4. The smallest absolute Gasteiger partial charge is 0.239 e. The number of sulfonamides is 1. The first-order valence-electron chi connectivity index (χ1n) is 8.10. The van der Waals surface area contributed by atoms with E-state index in [4.69, 9.17) is 9.56 Å². The normalized spacial score (nSPS) is 16.4. The summed E-state index contributed by atoms with van der Waals surface area (Å²) in [6.45, 7) is 1.62. The number of hydrogen-bond acceptors (Lipinski definition) is 6. The lowest BCUT2D eigenvalue weighted by Crippen LogP contribution is -2.33. The lowest BCUT2D eigenvalue weighted by molar-refractivity contribution is 0.406. The van der Waals surface area contributed by atoms with Crippen LogP contribution < -0.4 is 10.0 Å². The molecule has 1 aliphatic heterocycles. The molecule has 2 N–H and O–H groups in total. The van der Waals surface area contributed by atoms with Gasteiger partial charge in [0.1, 0.15) is 16.2 Å². The third-order valence-corrected chi connectivity index (χ3v) is 5.43. The Balaban J connectivity index is 1.46. The van der Waals surface area contributed by atoms with Crippen molar-refractivity contribution >= 4 is 26.9 Å². The van der Waals surface area contributed by atoms with Crippen LogP contribution in [0.25, 0.3) is 11.1 Å². The quantitative estimate of drug-likeness (QED) is 0.770. The number of piperidine rings is 1. The van der Waals surface area contributed by atoms with E-state index >= 15 is 0 Å². The van der Waals surface area contributed by atoms with Crippen molar-refractivity contribution in [3.8, 4) is 0 Å². The van der Waals surface area contributed by atoms with E-state index < -0.39 is 10.0 Å². The van der Waals surface area contributed by atoms with Crippen LogP contribution in [0.2, 0.25) is 0 Å².